The lowest BCUT2D eigenvalue weighted by molar-refractivity contribution is -0.132. The number of carbonyl (C=O) groups excluding carboxylic acids is 1. The molecule has 1 N–H and O–H groups in total. The molecule has 1 amide bonds. The second kappa shape index (κ2) is 8.82. The van der Waals surface area contributed by atoms with Crippen LogP contribution >= 0.6 is 0 Å². The summed E-state index contributed by atoms with van der Waals surface area (Å²) in [5, 5.41) is 0.542. The van der Waals surface area contributed by atoms with Crippen molar-refractivity contribution in [3.63, 3.8) is 0 Å². The number of methoxy groups -OCH3 is 1. The maximum absolute atomic E-state index is 13.1. The van der Waals surface area contributed by atoms with E-state index >= 15 is 0 Å². The Bertz CT molecular complexity index is 1420. The van der Waals surface area contributed by atoms with Gasteiger partial charge in [-0.3, -0.25) is 9.59 Å². The topological polar surface area (TPSA) is 88.4 Å². The van der Waals surface area contributed by atoms with E-state index < -0.39 is 0 Å². The first kappa shape index (κ1) is 21.9. The van der Waals surface area contributed by atoms with Gasteiger partial charge >= 0.3 is 0 Å². The molecule has 2 aromatic carbocycles. The number of aryl methyl sites for hydroxylation is 1. The Hall–Kier alpha value is -3.87. The second-order valence-corrected chi connectivity index (χ2v) is 8.73. The van der Waals surface area contributed by atoms with Gasteiger partial charge in [0.1, 0.15) is 5.75 Å². The lowest BCUT2D eigenvalue weighted by atomic mass is 10.00. The highest BCUT2D eigenvalue weighted by atomic mass is 16.5. The Labute approximate surface area is 197 Å². The number of hydrogen-bond donors (Lipinski definition) is 1. The molecule has 1 aliphatic rings. The molecule has 174 valence electrons. The van der Waals surface area contributed by atoms with E-state index in [2.05, 4.69) is 22.1 Å². The van der Waals surface area contributed by atoms with Crippen LogP contribution < -0.4 is 10.2 Å². The molecule has 0 saturated carbocycles. The first-order valence-electron chi connectivity index (χ1n) is 11.5. The maximum Gasteiger partial charge on any atom is 0.222 e. The van der Waals surface area contributed by atoms with E-state index in [0.717, 1.165) is 36.1 Å². The minimum Gasteiger partial charge on any atom is -0.496 e. The van der Waals surface area contributed by atoms with Gasteiger partial charge in [-0.1, -0.05) is 19.1 Å². The lowest BCUT2D eigenvalue weighted by Crippen LogP contribution is -2.29. The van der Waals surface area contributed by atoms with Crippen LogP contribution in [0.2, 0.25) is 0 Å². The van der Waals surface area contributed by atoms with Crippen molar-refractivity contribution < 1.29 is 13.9 Å². The number of amides is 1. The molecule has 0 fully saturated rings. The minimum atomic E-state index is -0.0977. The third-order valence-electron chi connectivity index (χ3n) is 6.68. The van der Waals surface area contributed by atoms with Crippen molar-refractivity contribution in [3.05, 3.63) is 70.3 Å². The number of nitrogens with zero attached hydrogens (tertiary/aromatic N) is 2. The Morgan fingerprint density at radius 1 is 1.26 bits per heavy atom. The summed E-state index contributed by atoms with van der Waals surface area (Å²) in [4.78, 5) is 34.9. The maximum atomic E-state index is 13.1. The van der Waals surface area contributed by atoms with Gasteiger partial charge in [0, 0.05) is 36.7 Å². The highest BCUT2D eigenvalue weighted by Crippen LogP contribution is 2.38. The molecular weight excluding hydrogens is 430 g/mol. The molecule has 5 rings (SSSR count). The Balaban J connectivity index is 1.57. The summed E-state index contributed by atoms with van der Waals surface area (Å²) in [5.74, 6) is 1.29. The fraction of sp³-hybridized carbons (Fsp3) is 0.296. The summed E-state index contributed by atoms with van der Waals surface area (Å²) in [7, 11) is 3.47. The van der Waals surface area contributed by atoms with Gasteiger partial charge in [-0.05, 0) is 48.1 Å². The Kier molecular flexibility index (Phi) is 5.69. The molecule has 0 bridgehead atoms. The number of benzene rings is 2. The van der Waals surface area contributed by atoms with Crippen LogP contribution in [0.25, 0.3) is 33.5 Å². The van der Waals surface area contributed by atoms with E-state index in [0.29, 0.717) is 34.4 Å². The molecule has 2 heterocycles. The molecule has 0 spiro atoms. The largest absolute Gasteiger partial charge is 0.496 e. The third-order valence-corrected chi connectivity index (χ3v) is 6.68. The van der Waals surface area contributed by atoms with Crippen LogP contribution in [0.5, 0.6) is 5.75 Å². The summed E-state index contributed by atoms with van der Waals surface area (Å²) in [6.45, 7) is 2.02. The number of oxazole rings is 1. The fourth-order valence-electron chi connectivity index (χ4n) is 4.86. The summed E-state index contributed by atoms with van der Waals surface area (Å²) in [6, 6.07) is 11.5. The smallest absolute Gasteiger partial charge is 0.222 e. The van der Waals surface area contributed by atoms with Crippen molar-refractivity contribution >= 4 is 16.8 Å². The Morgan fingerprint density at radius 2 is 2.12 bits per heavy atom. The van der Waals surface area contributed by atoms with Crippen LogP contribution in [0.1, 0.15) is 43.4 Å². The molecule has 2 aromatic heterocycles. The second-order valence-electron chi connectivity index (χ2n) is 8.73. The predicted molar refractivity (Wildman–Crippen MR) is 131 cm³/mol. The zero-order valence-electron chi connectivity index (χ0n) is 19.6. The first-order valence-corrected chi connectivity index (χ1v) is 11.5. The summed E-state index contributed by atoms with van der Waals surface area (Å²) in [6.07, 6.45) is 6.19. The van der Waals surface area contributed by atoms with E-state index in [1.54, 1.807) is 25.4 Å². The van der Waals surface area contributed by atoms with Gasteiger partial charge in [0.05, 0.1) is 30.4 Å². The monoisotopic (exact) mass is 457 g/mol. The molecule has 1 unspecified atom stereocenters. The van der Waals surface area contributed by atoms with Crippen LogP contribution in [-0.4, -0.2) is 34.9 Å². The number of fused-ring (bicyclic) bond motifs is 2. The molecule has 7 nitrogen and oxygen atoms in total. The van der Waals surface area contributed by atoms with Gasteiger partial charge in [-0.2, -0.15) is 0 Å². The number of carbonyl (C=O) groups is 1. The quantitative estimate of drug-likeness (QED) is 0.435. The average Bonchev–Trinajstić information content (AvgIpc) is 3.53. The molecule has 7 heteroatoms. The van der Waals surface area contributed by atoms with Crippen molar-refractivity contribution in [2.45, 2.75) is 38.6 Å². The van der Waals surface area contributed by atoms with Crippen molar-refractivity contribution in [1.29, 1.82) is 0 Å². The number of H-pyrrole nitrogens is 1. The van der Waals surface area contributed by atoms with Crippen molar-refractivity contribution in [3.8, 4) is 28.3 Å². The van der Waals surface area contributed by atoms with Gasteiger partial charge in [-0.15, -0.1) is 0 Å². The average molecular weight is 458 g/mol. The van der Waals surface area contributed by atoms with Crippen LogP contribution in [0.4, 0.5) is 0 Å². The van der Waals surface area contributed by atoms with E-state index in [-0.39, 0.29) is 17.4 Å². The molecule has 1 atom stereocenters. The van der Waals surface area contributed by atoms with E-state index in [1.165, 1.54) is 12.0 Å². The SMILES string of the molecule is CCCC(=O)N(C)C1CCc2ccc(-c3cc(=O)c4cc(-c5cnco5)c(OC)cc4[nH]3)cc21. The van der Waals surface area contributed by atoms with Crippen LogP contribution in [0.15, 0.2) is 58.2 Å². The molecular formula is C27H27N3O4. The number of pyridine rings is 1. The van der Waals surface area contributed by atoms with Crippen molar-refractivity contribution in [2.24, 2.45) is 0 Å². The zero-order chi connectivity index (χ0) is 23.8. The highest BCUT2D eigenvalue weighted by molar-refractivity contribution is 5.88. The van der Waals surface area contributed by atoms with Crippen LogP contribution in [-0.2, 0) is 11.2 Å². The number of ether oxygens (including phenoxy) is 1. The summed E-state index contributed by atoms with van der Waals surface area (Å²) >= 11 is 0. The number of nitrogens with one attached hydrogen (secondary N) is 1. The van der Waals surface area contributed by atoms with Crippen molar-refractivity contribution in [2.75, 3.05) is 14.2 Å². The number of rotatable bonds is 6. The fourth-order valence-corrected chi connectivity index (χ4v) is 4.86. The van der Waals surface area contributed by atoms with E-state index in [4.69, 9.17) is 9.15 Å². The molecule has 0 aliphatic heterocycles. The molecule has 34 heavy (non-hydrogen) atoms. The molecule has 1 aliphatic carbocycles. The summed E-state index contributed by atoms with van der Waals surface area (Å²) in [5.41, 5.74) is 5.30. The molecule has 4 aromatic rings. The van der Waals surface area contributed by atoms with E-state index in [9.17, 15) is 9.59 Å². The van der Waals surface area contributed by atoms with Gasteiger partial charge in [0.25, 0.3) is 0 Å². The number of hydrogen-bond acceptors (Lipinski definition) is 5. The number of aromatic amines is 1. The normalized spacial score (nSPS) is 14.9. The van der Waals surface area contributed by atoms with Crippen molar-refractivity contribution in [1.82, 2.24) is 14.9 Å². The van der Waals surface area contributed by atoms with Gasteiger partial charge < -0.3 is 19.0 Å². The third kappa shape index (κ3) is 3.77. The van der Waals surface area contributed by atoms with Crippen LogP contribution in [0, 0.1) is 0 Å². The summed E-state index contributed by atoms with van der Waals surface area (Å²) < 4.78 is 11.0. The molecule has 0 saturated heterocycles. The first-order chi connectivity index (χ1) is 16.5. The lowest BCUT2D eigenvalue weighted by Gasteiger charge is -2.25. The zero-order valence-corrected chi connectivity index (χ0v) is 19.6. The highest BCUT2D eigenvalue weighted by Gasteiger charge is 2.28. The predicted octanol–water partition coefficient (Wildman–Crippen LogP) is 5.10. The number of aromatic nitrogens is 2. The van der Waals surface area contributed by atoms with Gasteiger partial charge in [0.2, 0.25) is 5.91 Å². The van der Waals surface area contributed by atoms with Gasteiger partial charge in [0.15, 0.2) is 17.6 Å². The van der Waals surface area contributed by atoms with Crippen LogP contribution in [0.3, 0.4) is 0 Å². The Morgan fingerprint density at radius 3 is 2.85 bits per heavy atom. The minimum absolute atomic E-state index is 0.0609. The standard InChI is InChI=1S/C27H27N3O4/c1-4-5-27(32)30(2)23-9-8-16-6-7-17(10-18(16)23)21-12-24(31)19-11-20(26-14-28-15-34-26)25(33-3)13-22(19)29-21/h6-7,10-15,23H,4-5,8-9H2,1-3H3,(H,29,31). The van der Waals surface area contributed by atoms with E-state index in [1.807, 2.05) is 31.0 Å². The molecule has 0 radical (unpaired) electrons. The van der Waals surface area contributed by atoms with Gasteiger partial charge in [-0.25, -0.2) is 4.98 Å².